The minimum Gasteiger partial charge on any atom is -0.488 e. The van der Waals surface area contributed by atoms with Crippen molar-refractivity contribution in [2.45, 2.75) is 13.5 Å². The standard InChI is InChI=1S/C22H20ClN3O3/c1-14-6-7-15(23)12-18(14)25-8-10-26(11-9-25)22(27)20-17-13-28-19-5-3-2-4-16(19)21(17)29-24-20/h2-7,12H,8-11,13H2,1H3. The Morgan fingerprint density at radius 2 is 1.90 bits per heavy atom. The molecule has 2 aliphatic rings. The largest absolute Gasteiger partial charge is 0.488 e. The van der Waals surface area contributed by atoms with Gasteiger partial charge in [-0.05, 0) is 36.8 Å². The number of anilines is 1. The van der Waals surface area contributed by atoms with E-state index in [4.69, 9.17) is 20.9 Å². The van der Waals surface area contributed by atoms with Crippen molar-refractivity contribution in [1.82, 2.24) is 10.1 Å². The fourth-order valence-electron chi connectivity index (χ4n) is 3.98. The van der Waals surface area contributed by atoms with Gasteiger partial charge in [0.15, 0.2) is 11.5 Å². The number of hydrogen-bond acceptors (Lipinski definition) is 5. The molecule has 1 fully saturated rings. The minimum atomic E-state index is -0.111. The van der Waals surface area contributed by atoms with Crippen LogP contribution >= 0.6 is 11.6 Å². The third-order valence-electron chi connectivity index (χ3n) is 5.57. The van der Waals surface area contributed by atoms with Crippen LogP contribution in [0.5, 0.6) is 5.75 Å². The van der Waals surface area contributed by atoms with Gasteiger partial charge in [0.1, 0.15) is 12.4 Å². The lowest BCUT2D eigenvalue weighted by atomic mass is 10.0. The van der Waals surface area contributed by atoms with Gasteiger partial charge in [-0.25, -0.2) is 0 Å². The lowest BCUT2D eigenvalue weighted by molar-refractivity contribution is 0.0734. The number of nitrogens with zero attached hydrogens (tertiary/aromatic N) is 3. The molecule has 0 N–H and O–H groups in total. The van der Waals surface area contributed by atoms with E-state index in [1.807, 2.05) is 47.4 Å². The molecule has 5 rings (SSSR count). The lowest BCUT2D eigenvalue weighted by Crippen LogP contribution is -2.49. The number of rotatable bonds is 2. The number of hydrogen-bond donors (Lipinski definition) is 0. The van der Waals surface area contributed by atoms with Gasteiger partial charge in [-0.1, -0.05) is 35.0 Å². The topological polar surface area (TPSA) is 58.8 Å². The summed E-state index contributed by atoms with van der Waals surface area (Å²) < 4.78 is 11.3. The van der Waals surface area contributed by atoms with Crippen molar-refractivity contribution in [3.05, 3.63) is 64.3 Å². The molecule has 0 aliphatic carbocycles. The van der Waals surface area contributed by atoms with Crippen LogP contribution in [-0.4, -0.2) is 42.1 Å². The molecule has 6 nitrogen and oxygen atoms in total. The molecule has 7 heteroatoms. The maximum absolute atomic E-state index is 13.1. The fraction of sp³-hybridized carbons (Fsp3) is 0.273. The second kappa shape index (κ2) is 7.12. The molecule has 0 atom stereocenters. The van der Waals surface area contributed by atoms with Crippen LogP contribution in [0, 0.1) is 6.92 Å². The number of aryl methyl sites for hydroxylation is 1. The molecule has 1 saturated heterocycles. The monoisotopic (exact) mass is 409 g/mol. The Morgan fingerprint density at radius 3 is 2.72 bits per heavy atom. The number of carbonyl (C=O) groups is 1. The van der Waals surface area contributed by atoms with Gasteiger partial charge >= 0.3 is 0 Å². The summed E-state index contributed by atoms with van der Waals surface area (Å²) >= 11 is 6.16. The summed E-state index contributed by atoms with van der Waals surface area (Å²) in [5.41, 5.74) is 4.20. The first kappa shape index (κ1) is 18.1. The number of fused-ring (bicyclic) bond motifs is 3. The highest BCUT2D eigenvalue weighted by Gasteiger charge is 2.32. The minimum absolute atomic E-state index is 0.111. The van der Waals surface area contributed by atoms with Crippen molar-refractivity contribution in [3.8, 4) is 17.1 Å². The molecule has 0 unspecified atom stereocenters. The first-order valence-corrected chi connectivity index (χ1v) is 10.0. The van der Waals surface area contributed by atoms with Crippen LogP contribution in [-0.2, 0) is 6.61 Å². The van der Waals surface area contributed by atoms with E-state index >= 15 is 0 Å². The average molecular weight is 410 g/mol. The van der Waals surface area contributed by atoms with E-state index in [0.717, 1.165) is 40.7 Å². The molecule has 0 bridgehead atoms. The van der Waals surface area contributed by atoms with E-state index in [-0.39, 0.29) is 5.91 Å². The third-order valence-corrected chi connectivity index (χ3v) is 5.81. The number of piperazine rings is 1. The van der Waals surface area contributed by atoms with Crippen LogP contribution in [0.3, 0.4) is 0 Å². The maximum Gasteiger partial charge on any atom is 0.276 e. The molecule has 1 aromatic heterocycles. The maximum atomic E-state index is 13.1. The molecule has 0 saturated carbocycles. The molecule has 2 aliphatic heterocycles. The number of ether oxygens (including phenoxy) is 1. The van der Waals surface area contributed by atoms with Gasteiger partial charge in [-0.15, -0.1) is 0 Å². The zero-order valence-corrected chi connectivity index (χ0v) is 16.8. The highest BCUT2D eigenvalue weighted by molar-refractivity contribution is 6.30. The normalized spacial score (nSPS) is 15.5. The number of halogens is 1. The summed E-state index contributed by atoms with van der Waals surface area (Å²) in [4.78, 5) is 17.2. The van der Waals surface area contributed by atoms with Crippen LogP contribution in [0.2, 0.25) is 5.02 Å². The van der Waals surface area contributed by atoms with Crippen LogP contribution in [0.15, 0.2) is 47.0 Å². The number of para-hydroxylation sites is 1. The van der Waals surface area contributed by atoms with Crippen molar-refractivity contribution in [2.24, 2.45) is 0 Å². The Morgan fingerprint density at radius 1 is 1.10 bits per heavy atom. The first-order valence-electron chi connectivity index (χ1n) is 9.63. The number of benzene rings is 2. The Kier molecular flexibility index (Phi) is 4.43. The van der Waals surface area contributed by atoms with Crippen molar-refractivity contribution < 1.29 is 14.1 Å². The SMILES string of the molecule is Cc1ccc(Cl)cc1N1CCN(C(=O)c2noc3c2COc2ccccc2-3)CC1. The summed E-state index contributed by atoms with van der Waals surface area (Å²) in [6.07, 6.45) is 0. The molecule has 2 aromatic carbocycles. The summed E-state index contributed by atoms with van der Waals surface area (Å²) in [6.45, 7) is 5.08. The predicted molar refractivity (Wildman–Crippen MR) is 111 cm³/mol. The number of amides is 1. The van der Waals surface area contributed by atoms with Gasteiger partial charge in [-0.3, -0.25) is 4.79 Å². The molecule has 0 spiro atoms. The fourth-order valence-corrected chi connectivity index (χ4v) is 4.14. The number of aromatic nitrogens is 1. The van der Waals surface area contributed by atoms with Crippen LogP contribution < -0.4 is 9.64 Å². The summed E-state index contributed by atoms with van der Waals surface area (Å²) in [7, 11) is 0. The molecule has 1 amide bonds. The van der Waals surface area contributed by atoms with Crippen LogP contribution in [0.25, 0.3) is 11.3 Å². The summed E-state index contributed by atoms with van der Waals surface area (Å²) in [6, 6.07) is 13.5. The average Bonchev–Trinajstić information content (AvgIpc) is 3.20. The lowest BCUT2D eigenvalue weighted by Gasteiger charge is -2.36. The Bertz CT molecular complexity index is 1090. The quantitative estimate of drug-likeness (QED) is 0.636. The predicted octanol–water partition coefficient (Wildman–Crippen LogP) is 4.16. The van der Waals surface area contributed by atoms with Crippen molar-refractivity contribution in [2.75, 3.05) is 31.1 Å². The van der Waals surface area contributed by atoms with E-state index in [1.54, 1.807) is 0 Å². The zero-order chi connectivity index (χ0) is 20.0. The summed E-state index contributed by atoms with van der Waals surface area (Å²) in [5, 5.41) is 4.82. The van der Waals surface area contributed by atoms with E-state index in [1.165, 1.54) is 5.56 Å². The smallest absolute Gasteiger partial charge is 0.276 e. The van der Waals surface area contributed by atoms with Crippen molar-refractivity contribution >= 4 is 23.2 Å². The van der Waals surface area contributed by atoms with Crippen LogP contribution in [0.1, 0.15) is 21.6 Å². The van der Waals surface area contributed by atoms with Crippen molar-refractivity contribution in [1.29, 1.82) is 0 Å². The van der Waals surface area contributed by atoms with E-state index < -0.39 is 0 Å². The van der Waals surface area contributed by atoms with Crippen LogP contribution in [0.4, 0.5) is 5.69 Å². The van der Waals surface area contributed by atoms with E-state index in [2.05, 4.69) is 17.0 Å². The van der Waals surface area contributed by atoms with Gasteiger partial charge in [0.2, 0.25) is 0 Å². The van der Waals surface area contributed by atoms with Gasteiger partial charge in [-0.2, -0.15) is 0 Å². The first-order chi connectivity index (χ1) is 14.1. The van der Waals surface area contributed by atoms with E-state index in [0.29, 0.717) is 31.2 Å². The highest BCUT2D eigenvalue weighted by Crippen LogP contribution is 2.38. The third kappa shape index (κ3) is 3.13. The summed E-state index contributed by atoms with van der Waals surface area (Å²) in [5.74, 6) is 1.27. The molecular weight excluding hydrogens is 390 g/mol. The zero-order valence-electron chi connectivity index (χ0n) is 16.0. The molecule has 3 aromatic rings. The van der Waals surface area contributed by atoms with Crippen molar-refractivity contribution in [3.63, 3.8) is 0 Å². The van der Waals surface area contributed by atoms with Gasteiger partial charge in [0.05, 0.1) is 11.1 Å². The molecular formula is C22H20ClN3O3. The molecule has 0 radical (unpaired) electrons. The number of carbonyl (C=O) groups excluding carboxylic acids is 1. The highest BCUT2D eigenvalue weighted by atomic mass is 35.5. The Hall–Kier alpha value is -2.99. The van der Waals surface area contributed by atoms with Gasteiger partial charge < -0.3 is 19.1 Å². The molecule has 148 valence electrons. The Labute approximate surface area is 173 Å². The second-order valence-electron chi connectivity index (χ2n) is 7.33. The van der Waals surface area contributed by atoms with Gasteiger partial charge in [0, 0.05) is 36.9 Å². The molecule has 29 heavy (non-hydrogen) atoms. The molecule has 3 heterocycles. The second-order valence-corrected chi connectivity index (χ2v) is 7.77. The Balaban J connectivity index is 1.34. The van der Waals surface area contributed by atoms with Gasteiger partial charge in [0.25, 0.3) is 5.91 Å². The van der Waals surface area contributed by atoms with E-state index in [9.17, 15) is 4.79 Å².